The molecule has 2 rings (SSSR count). The van der Waals surface area contributed by atoms with Crippen molar-refractivity contribution in [2.24, 2.45) is 11.7 Å². The molecule has 24 heavy (non-hydrogen) atoms. The summed E-state index contributed by atoms with van der Waals surface area (Å²) in [7, 11) is 0. The van der Waals surface area contributed by atoms with Gasteiger partial charge in [-0.25, -0.2) is 4.79 Å². The van der Waals surface area contributed by atoms with Gasteiger partial charge in [0.1, 0.15) is 5.75 Å². The van der Waals surface area contributed by atoms with Crippen LogP contribution in [0.2, 0.25) is 0 Å². The van der Waals surface area contributed by atoms with E-state index in [4.69, 9.17) is 5.73 Å². The Hall–Kier alpha value is -2.45. The van der Waals surface area contributed by atoms with Crippen molar-refractivity contribution in [3.05, 3.63) is 29.8 Å². The monoisotopic (exact) mass is 345 g/mol. The number of piperidine rings is 1. The van der Waals surface area contributed by atoms with Gasteiger partial charge in [-0.2, -0.15) is 0 Å². The molecule has 1 aromatic rings. The summed E-state index contributed by atoms with van der Waals surface area (Å²) in [6.45, 7) is 0.612. The van der Waals surface area contributed by atoms with Crippen molar-refractivity contribution < 1.29 is 27.5 Å². The largest absolute Gasteiger partial charge is 0.573 e. The van der Waals surface area contributed by atoms with Crippen LogP contribution in [0.15, 0.2) is 24.3 Å². The lowest BCUT2D eigenvalue weighted by Gasteiger charge is -2.30. The number of hydrogen-bond acceptors (Lipinski definition) is 3. The fourth-order valence-corrected chi connectivity index (χ4v) is 2.59. The van der Waals surface area contributed by atoms with E-state index in [9.17, 15) is 22.8 Å². The summed E-state index contributed by atoms with van der Waals surface area (Å²) in [5, 5.41) is 2.59. The number of primary amides is 1. The molecule has 0 unspecified atom stereocenters. The number of nitrogens with two attached hydrogens (primary N) is 1. The quantitative estimate of drug-likeness (QED) is 0.875. The molecule has 0 bridgehead atoms. The first kappa shape index (κ1) is 17.9. The molecule has 1 fully saturated rings. The Labute approximate surface area is 136 Å². The highest BCUT2D eigenvalue weighted by Gasteiger charge is 2.32. The lowest BCUT2D eigenvalue weighted by atomic mass is 9.97. The normalized spacial score (nSPS) is 18.1. The second-order valence-corrected chi connectivity index (χ2v) is 5.50. The van der Waals surface area contributed by atoms with E-state index < -0.39 is 18.3 Å². The molecule has 0 saturated carbocycles. The molecule has 1 aliphatic rings. The van der Waals surface area contributed by atoms with Crippen molar-refractivity contribution in [2.45, 2.75) is 25.7 Å². The van der Waals surface area contributed by atoms with E-state index in [2.05, 4.69) is 10.1 Å². The van der Waals surface area contributed by atoms with Crippen LogP contribution in [0.4, 0.5) is 18.0 Å². The molecule has 0 radical (unpaired) electrons. The number of urea groups is 1. The summed E-state index contributed by atoms with van der Waals surface area (Å²) in [4.78, 5) is 24.7. The van der Waals surface area contributed by atoms with Crippen molar-refractivity contribution in [2.75, 3.05) is 13.1 Å². The summed E-state index contributed by atoms with van der Waals surface area (Å²) in [5.74, 6) is -1.11. The third-order valence-corrected chi connectivity index (χ3v) is 3.76. The fourth-order valence-electron chi connectivity index (χ4n) is 2.59. The van der Waals surface area contributed by atoms with Crippen LogP contribution in [-0.4, -0.2) is 36.3 Å². The Morgan fingerprint density at radius 3 is 2.71 bits per heavy atom. The van der Waals surface area contributed by atoms with Crippen molar-refractivity contribution >= 4 is 11.9 Å². The number of halogens is 3. The number of carbonyl (C=O) groups is 2. The Bertz CT molecular complexity index is 607. The Balaban J connectivity index is 1.96. The Kier molecular flexibility index (Phi) is 5.53. The Morgan fingerprint density at radius 1 is 1.33 bits per heavy atom. The first-order chi connectivity index (χ1) is 11.3. The van der Waals surface area contributed by atoms with Crippen LogP contribution in [0.5, 0.6) is 5.75 Å². The zero-order chi connectivity index (χ0) is 17.7. The average Bonchev–Trinajstić information content (AvgIpc) is 2.52. The first-order valence-electron chi connectivity index (χ1n) is 7.42. The van der Waals surface area contributed by atoms with Crippen LogP contribution in [0, 0.1) is 5.92 Å². The first-order valence-corrected chi connectivity index (χ1v) is 7.42. The number of nitrogens with zero attached hydrogens (tertiary/aromatic N) is 1. The van der Waals surface area contributed by atoms with E-state index in [0.29, 0.717) is 19.4 Å². The second-order valence-electron chi connectivity index (χ2n) is 5.50. The van der Waals surface area contributed by atoms with Gasteiger partial charge in [0, 0.05) is 25.2 Å². The van der Waals surface area contributed by atoms with Gasteiger partial charge in [-0.1, -0.05) is 18.2 Å². The molecule has 132 valence electrons. The van der Waals surface area contributed by atoms with E-state index in [1.807, 2.05) is 0 Å². The smallest absolute Gasteiger partial charge is 0.405 e. The molecule has 3 N–H and O–H groups in total. The molecular weight excluding hydrogens is 327 g/mol. The number of benzene rings is 1. The van der Waals surface area contributed by atoms with Gasteiger partial charge in [-0.3, -0.25) is 4.79 Å². The third kappa shape index (κ3) is 5.04. The zero-order valence-corrected chi connectivity index (χ0v) is 12.8. The van der Waals surface area contributed by atoms with E-state index in [-0.39, 0.29) is 30.3 Å². The number of ether oxygens (including phenoxy) is 1. The minimum absolute atomic E-state index is 0.0990. The van der Waals surface area contributed by atoms with Crippen molar-refractivity contribution in [1.82, 2.24) is 10.2 Å². The third-order valence-electron chi connectivity index (χ3n) is 3.76. The van der Waals surface area contributed by atoms with Crippen LogP contribution in [0.25, 0.3) is 0 Å². The maximum atomic E-state index is 12.4. The molecule has 0 aromatic heterocycles. The van der Waals surface area contributed by atoms with Gasteiger partial charge in [0.25, 0.3) is 0 Å². The van der Waals surface area contributed by atoms with E-state index >= 15 is 0 Å². The highest BCUT2D eigenvalue weighted by atomic mass is 19.4. The summed E-state index contributed by atoms with van der Waals surface area (Å²) in [6, 6.07) is 5.01. The predicted octanol–water partition coefficient (Wildman–Crippen LogP) is 1.99. The maximum absolute atomic E-state index is 12.4. The summed E-state index contributed by atoms with van der Waals surface area (Å²) < 4.78 is 41.1. The van der Waals surface area contributed by atoms with Gasteiger partial charge >= 0.3 is 12.4 Å². The second kappa shape index (κ2) is 7.41. The minimum Gasteiger partial charge on any atom is -0.405 e. The lowest BCUT2D eigenvalue weighted by Crippen LogP contribution is -2.47. The van der Waals surface area contributed by atoms with E-state index in [1.165, 1.54) is 23.1 Å². The molecule has 1 saturated heterocycles. The number of carbonyl (C=O) groups excluding carboxylic acids is 2. The van der Waals surface area contributed by atoms with Crippen LogP contribution in [0.3, 0.4) is 0 Å². The van der Waals surface area contributed by atoms with Gasteiger partial charge in [0.2, 0.25) is 5.91 Å². The van der Waals surface area contributed by atoms with Gasteiger partial charge in [0.05, 0.1) is 5.92 Å². The van der Waals surface area contributed by atoms with Gasteiger partial charge in [-0.05, 0) is 18.9 Å². The number of hydrogen-bond donors (Lipinski definition) is 2. The fraction of sp³-hybridized carbons (Fsp3) is 0.467. The molecule has 0 aliphatic carbocycles. The molecule has 6 nitrogen and oxygen atoms in total. The zero-order valence-electron chi connectivity index (χ0n) is 12.8. The highest BCUT2D eigenvalue weighted by molar-refractivity contribution is 5.80. The predicted molar refractivity (Wildman–Crippen MR) is 78.9 cm³/mol. The number of nitrogens with one attached hydrogen (secondary N) is 1. The van der Waals surface area contributed by atoms with Gasteiger partial charge in [0.15, 0.2) is 0 Å². The SMILES string of the molecule is NC(=O)N1CCC[C@H](C(=O)NCc2ccccc2OC(F)(F)F)C1. The average molecular weight is 345 g/mol. The van der Waals surface area contributed by atoms with Crippen LogP contribution < -0.4 is 15.8 Å². The summed E-state index contributed by atoms with van der Waals surface area (Å²) in [6.07, 6.45) is -3.56. The number of alkyl halides is 3. The molecule has 9 heteroatoms. The highest BCUT2D eigenvalue weighted by Crippen LogP contribution is 2.26. The molecular formula is C15H18F3N3O3. The molecule has 0 spiro atoms. The van der Waals surface area contributed by atoms with E-state index in [0.717, 1.165) is 0 Å². The lowest BCUT2D eigenvalue weighted by molar-refractivity contribution is -0.274. The number of likely N-dealkylation sites (tertiary alicyclic amines) is 1. The molecule has 3 amide bonds. The topological polar surface area (TPSA) is 84.7 Å². The number of amides is 3. The van der Waals surface area contributed by atoms with Crippen molar-refractivity contribution in [3.8, 4) is 5.75 Å². The standard InChI is InChI=1S/C15H18F3N3O3/c16-15(17,18)24-12-6-2-1-4-10(12)8-20-13(22)11-5-3-7-21(9-11)14(19)23/h1-2,4,6,11H,3,5,7-9H2,(H2,19,23)(H,20,22)/t11-/m0/s1. The van der Waals surface area contributed by atoms with Crippen LogP contribution >= 0.6 is 0 Å². The molecule has 1 aromatic carbocycles. The van der Waals surface area contributed by atoms with Crippen LogP contribution in [-0.2, 0) is 11.3 Å². The Morgan fingerprint density at radius 2 is 2.04 bits per heavy atom. The van der Waals surface area contributed by atoms with Crippen LogP contribution in [0.1, 0.15) is 18.4 Å². The van der Waals surface area contributed by atoms with Gasteiger partial charge < -0.3 is 20.7 Å². The molecule has 1 heterocycles. The maximum Gasteiger partial charge on any atom is 0.573 e. The number of para-hydroxylation sites is 1. The van der Waals surface area contributed by atoms with Crippen molar-refractivity contribution in [1.29, 1.82) is 0 Å². The minimum atomic E-state index is -4.80. The summed E-state index contributed by atoms with van der Waals surface area (Å²) >= 11 is 0. The van der Waals surface area contributed by atoms with E-state index in [1.54, 1.807) is 6.07 Å². The number of rotatable bonds is 4. The summed E-state index contributed by atoms with van der Waals surface area (Å²) in [5.41, 5.74) is 5.42. The molecule has 1 atom stereocenters. The molecule has 1 aliphatic heterocycles. The van der Waals surface area contributed by atoms with Crippen molar-refractivity contribution in [3.63, 3.8) is 0 Å². The van der Waals surface area contributed by atoms with Gasteiger partial charge in [-0.15, -0.1) is 13.2 Å².